The van der Waals surface area contributed by atoms with E-state index in [9.17, 15) is 17.2 Å². The minimum Gasteiger partial charge on any atom is -0.497 e. The Bertz CT molecular complexity index is 803. The largest absolute Gasteiger partial charge is 0.497 e. The van der Waals surface area contributed by atoms with Gasteiger partial charge in [0.15, 0.2) is 4.90 Å². The van der Waals surface area contributed by atoms with Gasteiger partial charge >= 0.3 is 0 Å². The maximum absolute atomic E-state index is 14.5. The van der Waals surface area contributed by atoms with Crippen LogP contribution in [0.15, 0.2) is 17.0 Å². The standard InChI is InChI=1S/C20H28F2N2O3S/c1-13-5-7-23(8-6-13)16-9-14-3-4-15(10-16)24(14)28(25,26)20-18(21)11-17(27-2)12-19(20)22/h11-16H,3-10H2,1-2H3/t14-,15+,16-. The molecule has 1 aromatic rings. The number of ether oxygens (including phenoxy) is 1. The maximum atomic E-state index is 14.5. The van der Waals surface area contributed by atoms with Crippen LogP contribution in [0.2, 0.25) is 0 Å². The monoisotopic (exact) mass is 414 g/mol. The van der Waals surface area contributed by atoms with Crippen LogP contribution in [0.3, 0.4) is 0 Å². The van der Waals surface area contributed by atoms with Gasteiger partial charge in [0.05, 0.1) is 7.11 Å². The predicted octanol–water partition coefficient (Wildman–Crippen LogP) is 3.39. The third-order valence-electron chi connectivity index (χ3n) is 6.72. The molecule has 156 valence electrons. The average Bonchev–Trinajstić information content (AvgIpc) is 2.93. The summed E-state index contributed by atoms with van der Waals surface area (Å²) in [5, 5.41) is 0. The van der Waals surface area contributed by atoms with Crippen LogP contribution >= 0.6 is 0 Å². The van der Waals surface area contributed by atoms with Crippen LogP contribution < -0.4 is 4.74 Å². The number of methoxy groups -OCH3 is 1. The van der Waals surface area contributed by atoms with Crippen molar-refractivity contribution in [2.24, 2.45) is 5.92 Å². The first-order valence-electron chi connectivity index (χ1n) is 10.1. The van der Waals surface area contributed by atoms with Gasteiger partial charge in [0.2, 0.25) is 10.0 Å². The fourth-order valence-electron chi connectivity index (χ4n) is 5.20. The molecule has 1 aromatic carbocycles. The first kappa shape index (κ1) is 20.0. The van der Waals surface area contributed by atoms with Crippen LogP contribution in [0.1, 0.15) is 45.4 Å². The molecule has 0 amide bonds. The van der Waals surface area contributed by atoms with E-state index in [0.29, 0.717) is 6.04 Å². The van der Waals surface area contributed by atoms with Gasteiger partial charge in [-0.05, 0) is 57.5 Å². The number of rotatable bonds is 4. The zero-order chi connectivity index (χ0) is 20.1. The lowest BCUT2D eigenvalue weighted by atomic mass is 9.93. The molecule has 0 aliphatic carbocycles. The zero-order valence-electron chi connectivity index (χ0n) is 16.4. The summed E-state index contributed by atoms with van der Waals surface area (Å²) in [4.78, 5) is 1.64. The summed E-state index contributed by atoms with van der Waals surface area (Å²) in [6, 6.07) is 1.85. The second-order valence-electron chi connectivity index (χ2n) is 8.48. The number of benzene rings is 1. The lowest BCUT2D eigenvalue weighted by Gasteiger charge is -2.44. The van der Waals surface area contributed by atoms with Gasteiger partial charge in [0.25, 0.3) is 0 Å². The molecule has 0 aromatic heterocycles. The molecule has 3 atom stereocenters. The lowest BCUT2D eigenvalue weighted by molar-refractivity contribution is 0.0758. The molecule has 8 heteroatoms. The van der Waals surface area contributed by atoms with E-state index in [-0.39, 0.29) is 17.8 Å². The van der Waals surface area contributed by atoms with Crippen LogP contribution in [0.5, 0.6) is 5.75 Å². The molecule has 0 saturated carbocycles. The van der Waals surface area contributed by atoms with E-state index in [2.05, 4.69) is 11.8 Å². The molecule has 0 N–H and O–H groups in total. The molecule has 3 aliphatic heterocycles. The number of halogens is 2. The Hall–Kier alpha value is -1.25. The van der Waals surface area contributed by atoms with E-state index >= 15 is 0 Å². The Labute approximate surface area is 165 Å². The third-order valence-corrected chi connectivity index (χ3v) is 8.78. The second-order valence-corrected chi connectivity index (χ2v) is 10.3. The van der Waals surface area contributed by atoms with Crippen molar-refractivity contribution in [1.29, 1.82) is 0 Å². The molecule has 0 radical (unpaired) electrons. The van der Waals surface area contributed by atoms with Gasteiger partial charge in [-0.15, -0.1) is 0 Å². The molecule has 0 spiro atoms. The molecule has 3 aliphatic rings. The Morgan fingerprint density at radius 1 is 0.964 bits per heavy atom. The highest BCUT2D eigenvalue weighted by Gasteiger charge is 2.49. The van der Waals surface area contributed by atoms with Crippen LogP contribution in [-0.4, -0.2) is 55.9 Å². The number of sulfonamides is 1. The molecule has 3 fully saturated rings. The topological polar surface area (TPSA) is 49.9 Å². The Balaban J connectivity index is 1.58. The fourth-order valence-corrected chi connectivity index (χ4v) is 7.19. The SMILES string of the molecule is COc1cc(F)c(S(=O)(=O)N2[C@@H]3CC[C@H]2C[C@H](N2CCC(C)CC2)C3)c(F)c1. The van der Waals surface area contributed by atoms with Crippen LogP contribution in [0.4, 0.5) is 8.78 Å². The molecule has 5 nitrogen and oxygen atoms in total. The summed E-state index contributed by atoms with van der Waals surface area (Å²) in [5.41, 5.74) is 0. The van der Waals surface area contributed by atoms with E-state index in [0.717, 1.165) is 56.8 Å². The minimum absolute atomic E-state index is 0.0324. The summed E-state index contributed by atoms with van der Waals surface area (Å²) in [7, 11) is -2.95. The van der Waals surface area contributed by atoms with Crippen molar-refractivity contribution in [3.63, 3.8) is 0 Å². The van der Waals surface area contributed by atoms with E-state index in [1.165, 1.54) is 24.3 Å². The van der Waals surface area contributed by atoms with Crippen molar-refractivity contribution in [3.8, 4) is 5.75 Å². The highest BCUT2D eigenvalue weighted by Crippen LogP contribution is 2.43. The van der Waals surface area contributed by atoms with E-state index in [4.69, 9.17) is 4.74 Å². The summed E-state index contributed by atoms with van der Waals surface area (Å²) in [6.45, 7) is 4.38. The molecule has 3 saturated heterocycles. The summed E-state index contributed by atoms with van der Waals surface area (Å²) >= 11 is 0. The van der Waals surface area contributed by atoms with Gasteiger partial charge in [-0.25, -0.2) is 17.2 Å². The molecular formula is C20H28F2N2O3S. The summed E-state index contributed by atoms with van der Waals surface area (Å²) in [5.74, 6) is -1.48. The number of likely N-dealkylation sites (tertiary alicyclic amines) is 1. The van der Waals surface area contributed by atoms with Crippen molar-refractivity contribution < 1.29 is 21.9 Å². The molecular weight excluding hydrogens is 386 g/mol. The summed E-state index contributed by atoms with van der Waals surface area (Å²) < 4.78 is 61.6. The Kier molecular flexibility index (Phi) is 5.39. The van der Waals surface area contributed by atoms with Gasteiger partial charge in [-0.1, -0.05) is 6.92 Å². The predicted molar refractivity (Wildman–Crippen MR) is 102 cm³/mol. The zero-order valence-corrected chi connectivity index (χ0v) is 17.2. The number of piperidine rings is 2. The van der Waals surface area contributed by atoms with Crippen LogP contribution in [-0.2, 0) is 10.0 Å². The first-order chi connectivity index (χ1) is 13.3. The Morgan fingerprint density at radius 3 is 2.00 bits per heavy atom. The molecule has 2 bridgehead atoms. The van der Waals surface area contributed by atoms with Crippen molar-refractivity contribution in [2.45, 2.75) is 68.5 Å². The average molecular weight is 415 g/mol. The van der Waals surface area contributed by atoms with Gasteiger partial charge in [-0.3, -0.25) is 0 Å². The normalized spacial score (nSPS) is 29.9. The van der Waals surface area contributed by atoms with E-state index < -0.39 is 26.6 Å². The fraction of sp³-hybridized carbons (Fsp3) is 0.700. The highest BCUT2D eigenvalue weighted by atomic mass is 32.2. The number of hydrogen-bond donors (Lipinski definition) is 0. The van der Waals surface area contributed by atoms with Crippen molar-refractivity contribution in [1.82, 2.24) is 9.21 Å². The van der Waals surface area contributed by atoms with Gasteiger partial charge in [-0.2, -0.15) is 4.31 Å². The number of hydrogen-bond acceptors (Lipinski definition) is 4. The molecule has 3 heterocycles. The smallest absolute Gasteiger partial charge is 0.249 e. The minimum atomic E-state index is -4.24. The van der Waals surface area contributed by atoms with Crippen molar-refractivity contribution in [3.05, 3.63) is 23.8 Å². The summed E-state index contributed by atoms with van der Waals surface area (Å²) in [6.07, 6.45) is 5.34. The van der Waals surface area contributed by atoms with Crippen LogP contribution in [0.25, 0.3) is 0 Å². The quantitative estimate of drug-likeness (QED) is 0.758. The van der Waals surface area contributed by atoms with Gasteiger partial charge in [0, 0.05) is 30.3 Å². The number of nitrogens with zero attached hydrogens (tertiary/aromatic N) is 2. The van der Waals surface area contributed by atoms with Crippen molar-refractivity contribution in [2.75, 3.05) is 20.2 Å². The van der Waals surface area contributed by atoms with Crippen molar-refractivity contribution >= 4 is 10.0 Å². The highest BCUT2D eigenvalue weighted by molar-refractivity contribution is 7.89. The van der Waals surface area contributed by atoms with Gasteiger partial charge in [0.1, 0.15) is 17.4 Å². The first-order valence-corrected chi connectivity index (χ1v) is 11.6. The van der Waals surface area contributed by atoms with Crippen LogP contribution in [0, 0.1) is 17.6 Å². The van der Waals surface area contributed by atoms with E-state index in [1.807, 2.05) is 0 Å². The van der Waals surface area contributed by atoms with Gasteiger partial charge < -0.3 is 9.64 Å². The molecule has 28 heavy (non-hydrogen) atoms. The molecule has 0 unspecified atom stereocenters. The molecule has 4 rings (SSSR count). The second kappa shape index (κ2) is 7.54. The van der Waals surface area contributed by atoms with E-state index in [1.54, 1.807) is 0 Å². The third kappa shape index (κ3) is 3.44. The maximum Gasteiger partial charge on any atom is 0.249 e. The lowest BCUT2D eigenvalue weighted by Crippen LogP contribution is -2.53. The Morgan fingerprint density at radius 2 is 1.50 bits per heavy atom. The number of fused-ring (bicyclic) bond motifs is 2.